The van der Waals surface area contributed by atoms with Gasteiger partial charge in [-0.15, -0.1) is 0 Å². The zero-order valence-corrected chi connectivity index (χ0v) is 15.6. The van der Waals surface area contributed by atoms with Gasteiger partial charge in [0.2, 0.25) is 5.91 Å². The minimum Gasteiger partial charge on any atom is -0.325 e. The van der Waals surface area contributed by atoms with Crippen LogP contribution < -0.4 is 5.32 Å². The molecule has 1 saturated heterocycles. The normalized spacial score (nSPS) is 17.9. The fourth-order valence-electron chi connectivity index (χ4n) is 3.69. The van der Waals surface area contributed by atoms with Crippen molar-refractivity contribution < 1.29 is 9.18 Å². The fourth-order valence-corrected chi connectivity index (χ4v) is 3.69. The maximum atomic E-state index is 13.1. The highest BCUT2D eigenvalue weighted by Crippen LogP contribution is 2.24. The topological polar surface area (TPSA) is 32.3 Å². The van der Waals surface area contributed by atoms with E-state index >= 15 is 0 Å². The lowest BCUT2D eigenvalue weighted by atomic mass is 9.96. The number of carbonyl (C=O) groups excluding carboxylic acids is 1. The molecule has 1 aliphatic rings. The van der Waals surface area contributed by atoms with E-state index in [0.717, 1.165) is 55.7 Å². The highest BCUT2D eigenvalue weighted by Gasteiger charge is 2.26. The molecule has 1 aliphatic heterocycles. The number of nitrogens with one attached hydrogen (secondary N) is 1. The predicted molar refractivity (Wildman–Crippen MR) is 104 cm³/mol. The second kappa shape index (κ2) is 8.45. The molecule has 138 valence electrons. The number of piperidine rings is 1. The van der Waals surface area contributed by atoms with E-state index < -0.39 is 0 Å². The number of halogens is 1. The first-order valence-electron chi connectivity index (χ1n) is 9.43. The van der Waals surface area contributed by atoms with Gasteiger partial charge in [0.05, 0.1) is 5.92 Å². The standard InChI is InChI=1S/C22H27FN2O/c1-3-18-7-4-6-16(2)21(18)24-22(26)19-8-5-13-25(15-19)14-17-9-11-20(23)12-10-17/h4,6-7,9-12,19H,3,5,8,13-15H2,1-2H3,(H,24,26). The number of anilines is 1. The first kappa shape index (κ1) is 18.6. The average Bonchev–Trinajstić information content (AvgIpc) is 2.65. The number of amides is 1. The second-order valence-corrected chi connectivity index (χ2v) is 7.15. The summed E-state index contributed by atoms with van der Waals surface area (Å²) in [6.07, 6.45) is 2.82. The van der Waals surface area contributed by atoms with E-state index in [1.807, 2.05) is 31.2 Å². The van der Waals surface area contributed by atoms with Gasteiger partial charge in [-0.05, 0) is 61.6 Å². The van der Waals surface area contributed by atoms with Crippen LogP contribution in [0.2, 0.25) is 0 Å². The van der Waals surface area contributed by atoms with Crippen LogP contribution in [-0.4, -0.2) is 23.9 Å². The fraction of sp³-hybridized carbons (Fsp3) is 0.409. The Morgan fingerprint density at radius 1 is 1.23 bits per heavy atom. The van der Waals surface area contributed by atoms with Gasteiger partial charge in [0.1, 0.15) is 5.82 Å². The van der Waals surface area contributed by atoms with Gasteiger partial charge in [-0.1, -0.05) is 37.3 Å². The molecular formula is C22H27FN2O. The van der Waals surface area contributed by atoms with Crippen LogP contribution in [0.25, 0.3) is 0 Å². The van der Waals surface area contributed by atoms with Crippen molar-refractivity contribution in [2.24, 2.45) is 5.92 Å². The third-order valence-corrected chi connectivity index (χ3v) is 5.18. The zero-order chi connectivity index (χ0) is 18.5. The van der Waals surface area contributed by atoms with Gasteiger partial charge in [0.25, 0.3) is 0 Å². The highest BCUT2D eigenvalue weighted by atomic mass is 19.1. The third-order valence-electron chi connectivity index (χ3n) is 5.18. The molecular weight excluding hydrogens is 327 g/mol. The summed E-state index contributed by atoms with van der Waals surface area (Å²) in [5, 5.41) is 3.18. The maximum absolute atomic E-state index is 13.1. The van der Waals surface area contributed by atoms with Crippen molar-refractivity contribution >= 4 is 11.6 Å². The number of likely N-dealkylation sites (tertiary alicyclic amines) is 1. The molecule has 0 aliphatic carbocycles. The summed E-state index contributed by atoms with van der Waals surface area (Å²) in [6, 6.07) is 12.8. The van der Waals surface area contributed by atoms with Crippen molar-refractivity contribution in [3.05, 3.63) is 65.0 Å². The SMILES string of the molecule is CCc1cccc(C)c1NC(=O)C1CCCN(Cc2ccc(F)cc2)C1. The van der Waals surface area contributed by atoms with Crippen molar-refractivity contribution in [2.75, 3.05) is 18.4 Å². The number of benzene rings is 2. The lowest BCUT2D eigenvalue weighted by Gasteiger charge is -2.32. The summed E-state index contributed by atoms with van der Waals surface area (Å²) < 4.78 is 13.1. The van der Waals surface area contributed by atoms with Crippen LogP contribution in [0.15, 0.2) is 42.5 Å². The first-order chi connectivity index (χ1) is 12.6. The summed E-state index contributed by atoms with van der Waals surface area (Å²) >= 11 is 0. The van der Waals surface area contributed by atoms with Crippen molar-refractivity contribution in [1.82, 2.24) is 4.90 Å². The van der Waals surface area contributed by atoms with E-state index in [0.29, 0.717) is 0 Å². The van der Waals surface area contributed by atoms with E-state index in [4.69, 9.17) is 0 Å². The van der Waals surface area contributed by atoms with Gasteiger partial charge in [0, 0.05) is 18.8 Å². The molecule has 1 N–H and O–H groups in total. The van der Waals surface area contributed by atoms with Gasteiger partial charge in [0.15, 0.2) is 0 Å². The number of rotatable bonds is 5. The minimum atomic E-state index is -0.213. The van der Waals surface area contributed by atoms with Crippen LogP contribution in [0, 0.1) is 18.7 Å². The van der Waals surface area contributed by atoms with Gasteiger partial charge >= 0.3 is 0 Å². The monoisotopic (exact) mass is 354 g/mol. The van der Waals surface area contributed by atoms with Gasteiger partial charge < -0.3 is 5.32 Å². The molecule has 26 heavy (non-hydrogen) atoms. The molecule has 1 atom stereocenters. The van der Waals surface area contributed by atoms with Crippen molar-refractivity contribution in [3.63, 3.8) is 0 Å². The van der Waals surface area contributed by atoms with Crippen LogP contribution >= 0.6 is 0 Å². The van der Waals surface area contributed by atoms with Crippen LogP contribution in [-0.2, 0) is 17.8 Å². The molecule has 0 spiro atoms. The Hall–Kier alpha value is -2.20. The predicted octanol–water partition coefficient (Wildman–Crippen LogP) is 4.55. The summed E-state index contributed by atoms with van der Waals surface area (Å²) in [6.45, 7) is 6.63. The molecule has 0 radical (unpaired) electrons. The molecule has 0 saturated carbocycles. The summed E-state index contributed by atoms with van der Waals surface area (Å²) in [5.41, 5.74) is 4.34. The van der Waals surface area contributed by atoms with E-state index in [9.17, 15) is 9.18 Å². The third kappa shape index (κ3) is 4.50. The summed E-state index contributed by atoms with van der Waals surface area (Å²) in [4.78, 5) is 15.1. The van der Waals surface area contributed by atoms with Crippen molar-refractivity contribution in [2.45, 2.75) is 39.7 Å². The Labute approximate surface area is 155 Å². The molecule has 0 aromatic heterocycles. The van der Waals surface area contributed by atoms with Gasteiger partial charge in [-0.3, -0.25) is 9.69 Å². The van der Waals surface area contributed by atoms with E-state index in [2.05, 4.69) is 23.2 Å². The van der Waals surface area contributed by atoms with E-state index in [-0.39, 0.29) is 17.6 Å². The number of para-hydroxylation sites is 1. The molecule has 1 unspecified atom stereocenters. The quantitative estimate of drug-likeness (QED) is 0.854. The summed E-state index contributed by atoms with van der Waals surface area (Å²) in [5.74, 6) is -0.110. The molecule has 3 nitrogen and oxygen atoms in total. The smallest absolute Gasteiger partial charge is 0.228 e. The lowest BCUT2D eigenvalue weighted by Crippen LogP contribution is -2.40. The number of nitrogens with zero attached hydrogens (tertiary/aromatic N) is 1. The lowest BCUT2D eigenvalue weighted by molar-refractivity contribution is -0.121. The molecule has 1 heterocycles. The van der Waals surface area contributed by atoms with Crippen molar-refractivity contribution in [1.29, 1.82) is 0 Å². The number of hydrogen-bond donors (Lipinski definition) is 1. The Bertz CT molecular complexity index is 757. The van der Waals surface area contributed by atoms with Gasteiger partial charge in [-0.25, -0.2) is 4.39 Å². The number of hydrogen-bond acceptors (Lipinski definition) is 2. The molecule has 2 aromatic rings. The Balaban J connectivity index is 1.64. The molecule has 1 fully saturated rings. The molecule has 0 bridgehead atoms. The van der Waals surface area contributed by atoms with Crippen molar-refractivity contribution in [3.8, 4) is 0 Å². The number of aryl methyl sites for hydroxylation is 2. The van der Waals surface area contributed by atoms with Crippen LogP contribution in [0.4, 0.5) is 10.1 Å². The van der Waals surface area contributed by atoms with Crippen LogP contribution in [0.5, 0.6) is 0 Å². The minimum absolute atomic E-state index is 0.00601. The molecule has 4 heteroatoms. The molecule has 3 rings (SSSR count). The average molecular weight is 354 g/mol. The van der Waals surface area contributed by atoms with E-state index in [1.165, 1.54) is 17.7 Å². The Kier molecular flexibility index (Phi) is 6.04. The highest BCUT2D eigenvalue weighted by molar-refractivity contribution is 5.94. The van der Waals surface area contributed by atoms with E-state index in [1.54, 1.807) is 0 Å². The molecule has 1 amide bonds. The Morgan fingerprint density at radius 3 is 2.73 bits per heavy atom. The van der Waals surface area contributed by atoms with Crippen LogP contribution in [0.3, 0.4) is 0 Å². The van der Waals surface area contributed by atoms with Crippen LogP contribution in [0.1, 0.15) is 36.5 Å². The first-order valence-corrected chi connectivity index (χ1v) is 9.43. The Morgan fingerprint density at radius 2 is 2.00 bits per heavy atom. The van der Waals surface area contributed by atoms with Gasteiger partial charge in [-0.2, -0.15) is 0 Å². The largest absolute Gasteiger partial charge is 0.325 e. The molecule has 2 aromatic carbocycles. The maximum Gasteiger partial charge on any atom is 0.228 e. The number of carbonyl (C=O) groups is 1. The second-order valence-electron chi connectivity index (χ2n) is 7.15. The zero-order valence-electron chi connectivity index (χ0n) is 15.6. The summed E-state index contributed by atoms with van der Waals surface area (Å²) in [7, 11) is 0.